The first kappa shape index (κ1) is 27.7. The molecule has 0 radical (unpaired) electrons. The number of H-pyrrole nitrogens is 1. The highest BCUT2D eigenvalue weighted by molar-refractivity contribution is 9.10. The first-order valence-corrected chi connectivity index (χ1v) is 14.8. The molecule has 0 atom stereocenters. The molecule has 1 saturated heterocycles. The number of aromatic amines is 1. The van der Waals surface area contributed by atoms with Crippen LogP contribution >= 0.6 is 15.9 Å². The number of nitrogens with zero attached hydrogens (tertiary/aromatic N) is 4. The summed E-state index contributed by atoms with van der Waals surface area (Å²) in [6.07, 6.45) is 2.37. The number of rotatable bonds is 10. The smallest absolute Gasteiger partial charge is 0.275 e. The van der Waals surface area contributed by atoms with Gasteiger partial charge in [0.1, 0.15) is 29.3 Å². The van der Waals surface area contributed by atoms with Crippen LogP contribution in [-0.4, -0.2) is 78.2 Å². The van der Waals surface area contributed by atoms with Gasteiger partial charge in [-0.05, 0) is 47.0 Å². The molecule has 1 aliphatic heterocycles. The van der Waals surface area contributed by atoms with Crippen LogP contribution in [0.25, 0.3) is 22.4 Å². The molecule has 0 unspecified atom stereocenters. The van der Waals surface area contributed by atoms with Crippen LogP contribution in [0.15, 0.2) is 32.5 Å². The fourth-order valence-corrected chi connectivity index (χ4v) is 6.65. The molecule has 9 nitrogen and oxygen atoms in total. The van der Waals surface area contributed by atoms with Crippen molar-refractivity contribution < 1.29 is 17.5 Å². The molecule has 1 aliphatic rings. The minimum Gasteiger partial charge on any atom is -0.493 e. The number of nitrogens with one attached hydrogen (secondary N) is 1. The Labute approximate surface area is 224 Å². The molecule has 0 aliphatic carbocycles. The van der Waals surface area contributed by atoms with Gasteiger partial charge in [0.15, 0.2) is 0 Å². The van der Waals surface area contributed by atoms with Crippen molar-refractivity contribution in [1.29, 1.82) is 0 Å². The maximum atomic E-state index is 13.5. The minimum atomic E-state index is -3.81. The van der Waals surface area contributed by atoms with E-state index in [0.29, 0.717) is 48.6 Å². The van der Waals surface area contributed by atoms with Gasteiger partial charge in [-0.15, -0.1) is 0 Å². The number of piperazine rings is 1. The number of aryl methyl sites for hydroxylation is 2. The molecule has 202 valence electrons. The van der Waals surface area contributed by atoms with Crippen LogP contribution in [0.4, 0.5) is 4.39 Å². The van der Waals surface area contributed by atoms with E-state index in [1.807, 2.05) is 11.8 Å². The maximum Gasteiger partial charge on any atom is 0.275 e. The summed E-state index contributed by atoms with van der Waals surface area (Å²) in [5.41, 5.74) is 2.05. The van der Waals surface area contributed by atoms with Crippen LogP contribution in [-0.2, 0) is 23.5 Å². The molecule has 2 aromatic heterocycles. The lowest BCUT2D eigenvalue weighted by atomic mass is 10.1. The third-order valence-electron chi connectivity index (χ3n) is 6.60. The Kier molecular flexibility index (Phi) is 8.72. The van der Waals surface area contributed by atoms with E-state index in [0.717, 1.165) is 29.4 Å². The van der Waals surface area contributed by atoms with Crippen LogP contribution in [0.2, 0.25) is 0 Å². The Hall–Kier alpha value is -2.28. The van der Waals surface area contributed by atoms with Gasteiger partial charge >= 0.3 is 0 Å². The number of aromatic nitrogens is 3. The molecular formula is C25H33BrFN5O4S. The van der Waals surface area contributed by atoms with E-state index in [-0.39, 0.29) is 29.4 Å². The highest BCUT2D eigenvalue weighted by Gasteiger charge is 2.30. The van der Waals surface area contributed by atoms with Gasteiger partial charge in [-0.25, -0.2) is 17.8 Å². The van der Waals surface area contributed by atoms with Gasteiger partial charge in [-0.1, -0.05) is 20.3 Å². The number of ether oxygens (including phenoxy) is 1. The van der Waals surface area contributed by atoms with E-state index >= 15 is 0 Å². The van der Waals surface area contributed by atoms with Crippen molar-refractivity contribution in [3.8, 4) is 17.1 Å². The molecule has 3 aromatic rings. The quantitative estimate of drug-likeness (QED) is 0.382. The standard InChI is InChI=1S/C25H33BrFN5O4S/c1-4-6-18-21-22(30(3)23(18)26)25(33)29-24(28-21)19-16-17(7-8-20(19)36-15-5-2)37(34,35)32-13-11-31(10-9-27)12-14-32/h7-8,16H,4-6,9-15H2,1-3H3,(H,28,29,33). The van der Waals surface area contributed by atoms with Crippen LogP contribution in [0, 0.1) is 0 Å². The summed E-state index contributed by atoms with van der Waals surface area (Å²) < 4.78 is 49.6. The average Bonchev–Trinajstić information content (AvgIpc) is 3.13. The molecule has 0 amide bonds. The van der Waals surface area contributed by atoms with Crippen molar-refractivity contribution in [1.82, 2.24) is 23.7 Å². The molecule has 12 heteroatoms. The van der Waals surface area contributed by atoms with Gasteiger partial charge in [0.2, 0.25) is 10.0 Å². The van der Waals surface area contributed by atoms with Crippen molar-refractivity contribution in [2.75, 3.05) is 46.0 Å². The summed E-state index contributed by atoms with van der Waals surface area (Å²) in [7, 11) is -2.01. The van der Waals surface area contributed by atoms with Gasteiger partial charge in [0, 0.05) is 45.3 Å². The molecular weight excluding hydrogens is 565 g/mol. The predicted molar refractivity (Wildman–Crippen MR) is 145 cm³/mol. The number of hydrogen-bond donors (Lipinski definition) is 1. The molecule has 1 N–H and O–H groups in total. The Morgan fingerprint density at radius 3 is 2.54 bits per heavy atom. The number of sulfonamides is 1. The van der Waals surface area contributed by atoms with E-state index in [1.54, 1.807) is 17.7 Å². The molecule has 0 bridgehead atoms. The van der Waals surface area contributed by atoms with Crippen molar-refractivity contribution >= 4 is 37.0 Å². The summed E-state index contributed by atoms with van der Waals surface area (Å²) in [5.74, 6) is 0.701. The first-order valence-electron chi connectivity index (χ1n) is 12.6. The monoisotopic (exact) mass is 597 g/mol. The highest BCUT2D eigenvalue weighted by Crippen LogP contribution is 2.34. The largest absolute Gasteiger partial charge is 0.493 e. The van der Waals surface area contributed by atoms with Crippen molar-refractivity contribution in [3.63, 3.8) is 0 Å². The normalized spacial score (nSPS) is 15.5. The zero-order valence-electron chi connectivity index (χ0n) is 21.4. The van der Waals surface area contributed by atoms with Gasteiger partial charge in [0.25, 0.3) is 5.56 Å². The zero-order chi connectivity index (χ0) is 26.7. The lowest BCUT2D eigenvalue weighted by molar-refractivity contribution is 0.177. The van der Waals surface area contributed by atoms with Gasteiger partial charge in [-0.3, -0.25) is 9.69 Å². The molecule has 3 heterocycles. The van der Waals surface area contributed by atoms with Crippen LogP contribution in [0.1, 0.15) is 32.3 Å². The fraction of sp³-hybridized carbons (Fsp3) is 0.520. The second-order valence-electron chi connectivity index (χ2n) is 9.13. The van der Waals surface area contributed by atoms with E-state index in [9.17, 15) is 17.6 Å². The fourth-order valence-electron chi connectivity index (χ4n) is 4.64. The number of halogens is 2. The molecule has 1 fully saturated rings. The van der Waals surface area contributed by atoms with Gasteiger partial charge in [0.05, 0.1) is 21.7 Å². The number of hydrogen-bond acceptors (Lipinski definition) is 6. The zero-order valence-corrected chi connectivity index (χ0v) is 23.8. The van der Waals surface area contributed by atoms with Crippen LogP contribution < -0.4 is 10.3 Å². The molecule has 1 aromatic carbocycles. The number of benzene rings is 1. The molecule has 0 spiro atoms. The van der Waals surface area contributed by atoms with E-state index in [4.69, 9.17) is 9.72 Å². The Bertz CT molecular complexity index is 1430. The number of alkyl halides is 1. The maximum absolute atomic E-state index is 13.5. The number of fused-ring (bicyclic) bond motifs is 1. The van der Waals surface area contributed by atoms with Crippen molar-refractivity contribution in [2.45, 2.75) is 38.0 Å². The minimum absolute atomic E-state index is 0.0936. The molecule has 4 rings (SSSR count). The van der Waals surface area contributed by atoms with E-state index in [2.05, 4.69) is 27.8 Å². The molecule has 37 heavy (non-hydrogen) atoms. The summed E-state index contributed by atoms with van der Waals surface area (Å²) in [6, 6.07) is 4.67. The van der Waals surface area contributed by atoms with Crippen LogP contribution in [0.3, 0.4) is 0 Å². The molecule has 0 saturated carbocycles. The first-order chi connectivity index (χ1) is 17.7. The third kappa shape index (κ3) is 5.47. The summed E-state index contributed by atoms with van der Waals surface area (Å²) in [6.45, 7) is 5.83. The summed E-state index contributed by atoms with van der Waals surface area (Å²) in [4.78, 5) is 22.8. The lowest BCUT2D eigenvalue weighted by Crippen LogP contribution is -2.49. The lowest BCUT2D eigenvalue weighted by Gasteiger charge is -2.33. The Morgan fingerprint density at radius 1 is 1.16 bits per heavy atom. The predicted octanol–water partition coefficient (Wildman–Crippen LogP) is 3.71. The summed E-state index contributed by atoms with van der Waals surface area (Å²) in [5, 5.41) is 0. The van der Waals surface area contributed by atoms with Crippen molar-refractivity contribution in [3.05, 3.63) is 38.7 Å². The highest BCUT2D eigenvalue weighted by atomic mass is 79.9. The van der Waals surface area contributed by atoms with Gasteiger partial charge in [-0.2, -0.15) is 4.31 Å². The third-order valence-corrected chi connectivity index (χ3v) is 9.50. The SMILES string of the molecule is CCCOc1ccc(S(=O)(=O)N2CCN(CCF)CC2)cc1-c1nc2c(CCC)c(Br)n(C)c2c(=O)[nH]1. The van der Waals surface area contributed by atoms with E-state index < -0.39 is 16.7 Å². The topological polar surface area (TPSA) is 101 Å². The van der Waals surface area contributed by atoms with E-state index in [1.165, 1.54) is 16.4 Å². The second kappa shape index (κ2) is 11.6. The second-order valence-corrected chi connectivity index (χ2v) is 11.8. The summed E-state index contributed by atoms with van der Waals surface area (Å²) >= 11 is 3.59. The van der Waals surface area contributed by atoms with Crippen LogP contribution in [0.5, 0.6) is 5.75 Å². The Morgan fingerprint density at radius 2 is 1.89 bits per heavy atom. The average molecular weight is 599 g/mol. The van der Waals surface area contributed by atoms with Gasteiger partial charge < -0.3 is 14.3 Å². The van der Waals surface area contributed by atoms with Crippen molar-refractivity contribution in [2.24, 2.45) is 7.05 Å². The Balaban J connectivity index is 1.81.